The highest BCUT2D eigenvalue weighted by molar-refractivity contribution is 9.10. The summed E-state index contributed by atoms with van der Waals surface area (Å²) in [5, 5.41) is 0. The molecule has 0 aliphatic heterocycles. The number of hydrogen-bond acceptors (Lipinski definition) is 4. The number of benzene rings is 1. The minimum absolute atomic E-state index is 0.185. The van der Waals surface area contributed by atoms with E-state index in [4.69, 9.17) is 15.3 Å². The maximum Gasteiger partial charge on any atom is 0.389 e. The highest BCUT2D eigenvalue weighted by atomic mass is 79.9. The van der Waals surface area contributed by atoms with E-state index in [2.05, 4.69) is 21.4 Å². The molecule has 0 aromatic heterocycles. The van der Waals surface area contributed by atoms with E-state index in [0.29, 0.717) is 21.5 Å². The second kappa shape index (κ2) is 7.14. The molecule has 1 unspecified atom stereocenters. The van der Waals surface area contributed by atoms with Crippen LogP contribution in [-0.2, 0) is 0 Å². The van der Waals surface area contributed by atoms with Gasteiger partial charge in [-0.1, -0.05) is 0 Å². The molecule has 114 valence electrons. The Labute approximate surface area is 123 Å². The summed E-state index contributed by atoms with van der Waals surface area (Å²) in [7, 11) is 2.92. The SMILES string of the molecule is COc1ccc(C(CCC(F)(F)F)NN)c(OC)c1Br. The van der Waals surface area contributed by atoms with Gasteiger partial charge < -0.3 is 9.47 Å². The first-order valence-corrected chi connectivity index (χ1v) is 6.56. The first-order chi connectivity index (χ1) is 9.34. The van der Waals surface area contributed by atoms with Crippen LogP contribution >= 0.6 is 15.9 Å². The molecule has 0 fully saturated rings. The summed E-state index contributed by atoms with van der Waals surface area (Å²) in [6.07, 6.45) is -5.35. The fourth-order valence-corrected chi connectivity index (χ4v) is 2.51. The van der Waals surface area contributed by atoms with Crippen molar-refractivity contribution in [2.24, 2.45) is 5.84 Å². The van der Waals surface area contributed by atoms with Crippen LogP contribution in [0, 0.1) is 0 Å². The molecular formula is C12H16BrF3N2O2. The lowest BCUT2D eigenvalue weighted by Crippen LogP contribution is -2.29. The van der Waals surface area contributed by atoms with Crippen LogP contribution in [-0.4, -0.2) is 20.4 Å². The average molecular weight is 357 g/mol. The van der Waals surface area contributed by atoms with Gasteiger partial charge in [0.05, 0.1) is 14.2 Å². The fraction of sp³-hybridized carbons (Fsp3) is 0.500. The molecule has 1 atom stereocenters. The lowest BCUT2D eigenvalue weighted by atomic mass is 10.0. The summed E-state index contributed by atoms with van der Waals surface area (Å²) in [5.74, 6) is 6.28. The Morgan fingerprint density at radius 2 is 1.95 bits per heavy atom. The number of hydrogen-bond donors (Lipinski definition) is 2. The van der Waals surface area contributed by atoms with E-state index in [1.54, 1.807) is 12.1 Å². The summed E-state index contributed by atoms with van der Waals surface area (Å²) in [6, 6.07) is 2.59. The number of rotatable bonds is 6. The fourth-order valence-electron chi connectivity index (χ4n) is 1.83. The zero-order valence-electron chi connectivity index (χ0n) is 11.1. The van der Waals surface area contributed by atoms with E-state index in [-0.39, 0.29) is 6.42 Å². The van der Waals surface area contributed by atoms with Crippen LogP contribution in [0.5, 0.6) is 11.5 Å². The quantitative estimate of drug-likeness (QED) is 0.606. The molecule has 0 saturated carbocycles. The maximum atomic E-state index is 12.3. The number of hydrazine groups is 1. The predicted octanol–water partition coefficient (Wildman–Crippen LogP) is 3.31. The van der Waals surface area contributed by atoms with E-state index in [9.17, 15) is 13.2 Å². The molecule has 3 N–H and O–H groups in total. The van der Waals surface area contributed by atoms with Gasteiger partial charge in [0.25, 0.3) is 0 Å². The van der Waals surface area contributed by atoms with Crippen molar-refractivity contribution in [1.29, 1.82) is 0 Å². The van der Waals surface area contributed by atoms with Gasteiger partial charge >= 0.3 is 6.18 Å². The van der Waals surface area contributed by atoms with Crippen molar-refractivity contribution in [2.45, 2.75) is 25.1 Å². The summed E-state index contributed by atoms with van der Waals surface area (Å²) in [5.41, 5.74) is 2.92. The Morgan fingerprint density at radius 1 is 1.30 bits per heavy atom. The topological polar surface area (TPSA) is 56.5 Å². The Kier molecular flexibility index (Phi) is 6.09. The van der Waals surface area contributed by atoms with Crippen LogP contribution in [0.4, 0.5) is 13.2 Å². The third-order valence-electron chi connectivity index (χ3n) is 2.81. The molecule has 1 aromatic carbocycles. The molecule has 0 saturated heterocycles. The molecule has 1 aromatic rings. The van der Waals surface area contributed by atoms with E-state index < -0.39 is 18.6 Å². The van der Waals surface area contributed by atoms with Crippen molar-refractivity contribution in [1.82, 2.24) is 5.43 Å². The normalized spacial score (nSPS) is 13.2. The molecule has 0 bridgehead atoms. The molecule has 0 spiro atoms. The highest BCUT2D eigenvalue weighted by Gasteiger charge is 2.29. The van der Waals surface area contributed by atoms with Gasteiger partial charge in [-0.25, -0.2) is 0 Å². The van der Waals surface area contributed by atoms with E-state index in [1.165, 1.54) is 14.2 Å². The number of nitrogens with two attached hydrogens (primary N) is 1. The van der Waals surface area contributed by atoms with Gasteiger partial charge in [-0.05, 0) is 34.5 Å². The number of nitrogens with one attached hydrogen (secondary N) is 1. The molecule has 1 rings (SSSR count). The minimum Gasteiger partial charge on any atom is -0.495 e. The molecule has 0 aliphatic carbocycles. The third kappa shape index (κ3) is 4.26. The van der Waals surface area contributed by atoms with Crippen molar-refractivity contribution >= 4 is 15.9 Å². The Balaban J connectivity index is 3.06. The maximum absolute atomic E-state index is 12.3. The molecule has 0 aliphatic rings. The molecule has 0 radical (unpaired) electrons. The van der Waals surface area contributed by atoms with Gasteiger partial charge in [-0.3, -0.25) is 11.3 Å². The summed E-state index contributed by atoms with van der Waals surface area (Å²) >= 11 is 3.30. The van der Waals surface area contributed by atoms with Crippen LogP contribution in [0.15, 0.2) is 16.6 Å². The van der Waals surface area contributed by atoms with Crippen LogP contribution in [0.3, 0.4) is 0 Å². The minimum atomic E-state index is -4.23. The molecular weight excluding hydrogens is 341 g/mol. The first kappa shape index (κ1) is 17.1. The lowest BCUT2D eigenvalue weighted by molar-refractivity contribution is -0.136. The smallest absolute Gasteiger partial charge is 0.389 e. The van der Waals surface area contributed by atoms with Gasteiger partial charge in [0.15, 0.2) is 0 Å². The number of alkyl halides is 3. The highest BCUT2D eigenvalue weighted by Crippen LogP contribution is 2.41. The Hall–Kier alpha value is -0.990. The summed E-state index contributed by atoms with van der Waals surface area (Å²) < 4.78 is 47.8. The van der Waals surface area contributed by atoms with Gasteiger partial charge in [0, 0.05) is 18.0 Å². The number of halogens is 4. The summed E-state index contributed by atoms with van der Waals surface area (Å²) in [6.45, 7) is 0. The van der Waals surface area contributed by atoms with Crippen molar-refractivity contribution in [3.8, 4) is 11.5 Å². The van der Waals surface area contributed by atoms with Crippen LogP contribution in [0.2, 0.25) is 0 Å². The molecule has 20 heavy (non-hydrogen) atoms. The standard InChI is InChI=1S/C12H16BrF3N2O2/c1-19-9-4-3-7(11(20-2)10(9)13)8(18-17)5-6-12(14,15)16/h3-4,8,18H,5-6,17H2,1-2H3. The van der Waals surface area contributed by atoms with Crippen LogP contribution in [0.25, 0.3) is 0 Å². The third-order valence-corrected chi connectivity index (χ3v) is 3.56. The average Bonchev–Trinajstić information content (AvgIpc) is 2.38. The lowest BCUT2D eigenvalue weighted by Gasteiger charge is -2.21. The molecule has 0 amide bonds. The largest absolute Gasteiger partial charge is 0.495 e. The zero-order chi connectivity index (χ0) is 15.3. The van der Waals surface area contributed by atoms with E-state index in [1.807, 2.05) is 0 Å². The Bertz CT molecular complexity index is 455. The zero-order valence-corrected chi connectivity index (χ0v) is 12.6. The van der Waals surface area contributed by atoms with Crippen LogP contribution in [0.1, 0.15) is 24.4 Å². The van der Waals surface area contributed by atoms with E-state index >= 15 is 0 Å². The van der Waals surface area contributed by atoms with Crippen molar-refractivity contribution in [3.63, 3.8) is 0 Å². The van der Waals surface area contributed by atoms with Crippen molar-refractivity contribution < 1.29 is 22.6 Å². The number of methoxy groups -OCH3 is 2. The first-order valence-electron chi connectivity index (χ1n) is 5.77. The van der Waals surface area contributed by atoms with Crippen LogP contribution < -0.4 is 20.7 Å². The van der Waals surface area contributed by atoms with E-state index in [0.717, 1.165) is 0 Å². The second-order valence-corrected chi connectivity index (χ2v) is 4.87. The molecule has 0 heterocycles. The van der Waals surface area contributed by atoms with Crippen molar-refractivity contribution in [2.75, 3.05) is 14.2 Å². The molecule has 8 heteroatoms. The van der Waals surface area contributed by atoms with Gasteiger partial charge in [0.2, 0.25) is 0 Å². The van der Waals surface area contributed by atoms with Gasteiger partial charge in [0.1, 0.15) is 16.0 Å². The predicted molar refractivity (Wildman–Crippen MR) is 72.6 cm³/mol. The van der Waals surface area contributed by atoms with Crippen molar-refractivity contribution in [3.05, 3.63) is 22.2 Å². The van der Waals surface area contributed by atoms with Gasteiger partial charge in [-0.2, -0.15) is 13.2 Å². The van der Waals surface area contributed by atoms with Gasteiger partial charge in [-0.15, -0.1) is 0 Å². The monoisotopic (exact) mass is 356 g/mol. The molecule has 4 nitrogen and oxygen atoms in total. The second-order valence-electron chi connectivity index (χ2n) is 4.08. The Morgan fingerprint density at radius 3 is 2.40 bits per heavy atom. The number of ether oxygens (including phenoxy) is 2. The summed E-state index contributed by atoms with van der Waals surface area (Å²) in [4.78, 5) is 0.